The number of carbonyl (C=O) groups excluding carboxylic acids is 1. The van der Waals surface area contributed by atoms with Gasteiger partial charge in [-0.25, -0.2) is 4.98 Å². The number of nitrogens with one attached hydrogen (secondary N) is 2. The van der Waals surface area contributed by atoms with Gasteiger partial charge < -0.3 is 15.5 Å². The minimum atomic E-state index is -0.230. The molecule has 0 bridgehead atoms. The highest BCUT2D eigenvalue weighted by Gasteiger charge is 2.08. The van der Waals surface area contributed by atoms with Gasteiger partial charge in [0.1, 0.15) is 5.82 Å². The average molecular weight is 436 g/mol. The highest BCUT2D eigenvalue weighted by atomic mass is 35.5. The first-order chi connectivity index (χ1) is 15.0. The molecule has 3 aromatic rings. The lowest BCUT2D eigenvalue weighted by atomic mass is 10.2. The second-order valence-corrected chi connectivity index (χ2v) is 7.32. The zero-order chi connectivity index (χ0) is 22.2. The Hall–Kier alpha value is -3.38. The Morgan fingerprint density at radius 2 is 1.71 bits per heavy atom. The van der Waals surface area contributed by atoms with Crippen LogP contribution in [0.15, 0.2) is 60.7 Å². The molecule has 160 valence electrons. The van der Waals surface area contributed by atoms with Crippen LogP contribution in [0.4, 0.5) is 23.1 Å². The number of aryl methyl sites for hydroxylation is 1. The van der Waals surface area contributed by atoms with Crippen molar-refractivity contribution in [3.63, 3.8) is 0 Å². The molecule has 1 heterocycles. The summed E-state index contributed by atoms with van der Waals surface area (Å²) in [5, 5.41) is 6.67. The van der Waals surface area contributed by atoms with Crippen molar-refractivity contribution in [1.29, 1.82) is 0 Å². The van der Waals surface area contributed by atoms with E-state index >= 15 is 0 Å². The van der Waals surface area contributed by atoms with E-state index in [0.29, 0.717) is 16.7 Å². The fraction of sp³-hybridized carbons (Fsp3) is 0.208. The summed E-state index contributed by atoms with van der Waals surface area (Å²) >= 11 is 6.10. The number of rotatable bonds is 8. The van der Waals surface area contributed by atoms with Crippen LogP contribution in [0.3, 0.4) is 0 Å². The lowest BCUT2D eigenvalue weighted by Crippen LogP contribution is -2.23. The van der Waals surface area contributed by atoms with E-state index in [2.05, 4.69) is 39.3 Å². The first-order valence-electron chi connectivity index (χ1n) is 10.2. The molecular weight excluding hydrogens is 410 g/mol. The molecule has 3 rings (SSSR count). The van der Waals surface area contributed by atoms with Crippen molar-refractivity contribution in [3.05, 3.63) is 77.0 Å². The number of benzene rings is 2. The van der Waals surface area contributed by atoms with Crippen molar-refractivity contribution >= 4 is 46.7 Å². The molecule has 0 atom stereocenters. The van der Waals surface area contributed by atoms with E-state index in [1.165, 1.54) is 6.08 Å². The third-order valence-corrected chi connectivity index (χ3v) is 5.00. The van der Waals surface area contributed by atoms with Crippen LogP contribution in [-0.4, -0.2) is 29.0 Å². The van der Waals surface area contributed by atoms with Gasteiger partial charge in [-0.05, 0) is 62.7 Å². The number of halogens is 1. The summed E-state index contributed by atoms with van der Waals surface area (Å²) in [5.74, 6) is 1.21. The zero-order valence-electron chi connectivity index (χ0n) is 17.9. The molecule has 31 heavy (non-hydrogen) atoms. The molecule has 0 aliphatic rings. The summed E-state index contributed by atoms with van der Waals surface area (Å²) in [7, 11) is 0. The van der Waals surface area contributed by atoms with Crippen molar-refractivity contribution in [1.82, 2.24) is 9.97 Å². The Morgan fingerprint density at radius 1 is 1.03 bits per heavy atom. The lowest BCUT2D eigenvalue weighted by Gasteiger charge is -2.20. The maximum atomic E-state index is 12.2. The van der Waals surface area contributed by atoms with Crippen LogP contribution in [0, 0.1) is 6.92 Å². The molecule has 1 amide bonds. The topological polar surface area (TPSA) is 70.2 Å². The number of amides is 1. The average Bonchev–Trinajstić information content (AvgIpc) is 2.75. The van der Waals surface area contributed by atoms with Gasteiger partial charge in [0.05, 0.1) is 0 Å². The summed E-state index contributed by atoms with van der Waals surface area (Å²) < 4.78 is 0. The van der Waals surface area contributed by atoms with E-state index in [4.69, 9.17) is 11.6 Å². The van der Waals surface area contributed by atoms with Gasteiger partial charge in [-0.15, -0.1) is 0 Å². The molecule has 0 spiro atoms. The first-order valence-corrected chi connectivity index (χ1v) is 10.6. The summed E-state index contributed by atoms with van der Waals surface area (Å²) in [4.78, 5) is 23.5. The van der Waals surface area contributed by atoms with Gasteiger partial charge in [0, 0.05) is 47.3 Å². The highest BCUT2D eigenvalue weighted by Crippen LogP contribution is 2.20. The lowest BCUT2D eigenvalue weighted by molar-refractivity contribution is -0.111. The summed E-state index contributed by atoms with van der Waals surface area (Å²) in [5.41, 5.74) is 3.21. The van der Waals surface area contributed by atoms with Crippen LogP contribution >= 0.6 is 11.6 Å². The number of carbonyl (C=O) groups is 1. The fourth-order valence-electron chi connectivity index (χ4n) is 3.04. The van der Waals surface area contributed by atoms with Crippen molar-refractivity contribution in [3.8, 4) is 0 Å². The number of anilines is 4. The summed E-state index contributed by atoms with van der Waals surface area (Å²) in [6.45, 7) is 7.92. The third kappa shape index (κ3) is 6.30. The van der Waals surface area contributed by atoms with Crippen molar-refractivity contribution in [2.45, 2.75) is 20.8 Å². The minimum Gasteiger partial charge on any atom is -0.357 e. The molecule has 0 aliphatic carbocycles. The molecular formula is C24H26ClN5O. The van der Waals surface area contributed by atoms with Crippen LogP contribution in [-0.2, 0) is 4.79 Å². The molecule has 0 unspecified atom stereocenters. The molecule has 0 saturated heterocycles. The Kier molecular flexibility index (Phi) is 7.62. The SMILES string of the molecule is CCN(CC)c1cc(C)nc(Nc2ccc(NC(=O)/C=C/c3ccccc3Cl)cc2)n1. The van der Waals surface area contributed by atoms with Crippen LogP contribution in [0.1, 0.15) is 25.1 Å². The maximum absolute atomic E-state index is 12.2. The molecule has 0 aliphatic heterocycles. The maximum Gasteiger partial charge on any atom is 0.248 e. The van der Waals surface area contributed by atoms with Crippen LogP contribution in [0.5, 0.6) is 0 Å². The van der Waals surface area contributed by atoms with E-state index < -0.39 is 0 Å². The number of nitrogens with zero attached hydrogens (tertiary/aromatic N) is 3. The first kappa shape index (κ1) is 22.3. The normalized spacial score (nSPS) is 10.8. The van der Waals surface area contributed by atoms with Crippen molar-refractivity contribution in [2.75, 3.05) is 28.6 Å². The van der Waals surface area contributed by atoms with E-state index in [-0.39, 0.29) is 5.91 Å². The molecule has 0 fully saturated rings. The minimum absolute atomic E-state index is 0.230. The Morgan fingerprint density at radius 3 is 2.39 bits per heavy atom. The zero-order valence-corrected chi connectivity index (χ0v) is 18.6. The monoisotopic (exact) mass is 435 g/mol. The molecule has 1 aromatic heterocycles. The highest BCUT2D eigenvalue weighted by molar-refractivity contribution is 6.32. The summed E-state index contributed by atoms with van der Waals surface area (Å²) in [6, 6.07) is 16.7. The number of hydrogen-bond acceptors (Lipinski definition) is 5. The fourth-order valence-corrected chi connectivity index (χ4v) is 3.24. The summed E-state index contributed by atoms with van der Waals surface area (Å²) in [6.07, 6.45) is 3.15. The molecule has 0 saturated carbocycles. The predicted octanol–water partition coefficient (Wildman–Crippen LogP) is 5.68. The van der Waals surface area contributed by atoms with Gasteiger partial charge in [0.15, 0.2) is 0 Å². The van der Waals surface area contributed by atoms with E-state index in [1.54, 1.807) is 12.1 Å². The Balaban J connectivity index is 1.64. The second kappa shape index (κ2) is 10.6. The van der Waals surface area contributed by atoms with Gasteiger partial charge in [-0.3, -0.25) is 4.79 Å². The van der Waals surface area contributed by atoms with E-state index in [0.717, 1.165) is 35.9 Å². The van der Waals surface area contributed by atoms with Gasteiger partial charge in [0.25, 0.3) is 0 Å². The number of hydrogen-bond donors (Lipinski definition) is 2. The van der Waals surface area contributed by atoms with Crippen LogP contribution in [0.25, 0.3) is 6.08 Å². The van der Waals surface area contributed by atoms with Crippen LogP contribution in [0.2, 0.25) is 5.02 Å². The number of aromatic nitrogens is 2. The third-order valence-electron chi connectivity index (χ3n) is 4.66. The van der Waals surface area contributed by atoms with Crippen molar-refractivity contribution in [2.24, 2.45) is 0 Å². The molecule has 2 aromatic carbocycles. The molecule has 7 heteroatoms. The van der Waals surface area contributed by atoms with Gasteiger partial charge in [-0.2, -0.15) is 4.98 Å². The predicted molar refractivity (Wildman–Crippen MR) is 129 cm³/mol. The molecule has 0 radical (unpaired) electrons. The standard InChI is InChI=1S/C24H26ClN5O/c1-4-30(5-2)22-16-17(3)26-24(29-22)28-20-13-11-19(12-14-20)27-23(31)15-10-18-8-6-7-9-21(18)25/h6-16H,4-5H2,1-3H3,(H,27,31)(H,26,28,29)/b15-10+. The van der Waals surface area contributed by atoms with Gasteiger partial charge >= 0.3 is 0 Å². The van der Waals surface area contributed by atoms with Gasteiger partial charge in [-0.1, -0.05) is 29.8 Å². The van der Waals surface area contributed by atoms with Crippen LogP contribution < -0.4 is 15.5 Å². The van der Waals surface area contributed by atoms with E-state index in [1.807, 2.05) is 55.5 Å². The molecule has 6 nitrogen and oxygen atoms in total. The Bertz CT molecular complexity index is 1060. The molecule has 2 N–H and O–H groups in total. The van der Waals surface area contributed by atoms with E-state index in [9.17, 15) is 4.79 Å². The Labute approximate surface area is 188 Å². The smallest absolute Gasteiger partial charge is 0.248 e. The largest absolute Gasteiger partial charge is 0.357 e. The quantitative estimate of drug-likeness (QED) is 0.445. The second-order valence-electron chi connectivity index (χ2n) is 6.91. The van der Waals surface area contributed by atoms with Gasteiger partial charge in [0.2, 0.25) is 11.9 Å². The van der Waals surface area contributed by atoms with Crippen molar-refractivity contribution < 1.29 is 4.79 Å².